The van der Waals surface area contributed by atoms with Crippen LogP contribution in [0.2, 0.25) is 0 Å². The number of hydrogen-bond acceptors (Lipinski definition) is 2. The van der Waals surface area contributed by atoms with E-state index in [0.29, 0.717) is 6.42 Å². The van der Waals surface area contributed by atoms with E-state index < -0.39 is 19.2 Å². The van der Waals surface area contributed by atoms with Crippen LogP contribution in [0.15, 0.2) is 0 Å². The zero-order valence-corrected chi connectivity index (χ0v) is 7.70. The highest BCUT2D eigenvalue weighted by molar-refractivity contribution is 7.53. The highest BCUT2D eigenvalue weighted by atomic mass is 31.2. The molecule has 6 heteroatoms. The van der Waals surface area contributed by atoms with Crippen LogP contribution in [-0.4, -0.2) is 26.5 Å². The van der Waals surface area contributed by atoms with Crippen molar-refractivity contribution in [1.29, 1.82) is 0 Å². The summed E-state index contributed by atoms with van der Waals surface area (Å²) in [5.41, 5.74) is -1.53. The van der Waals surface area contributed by atoms with E-state index in [4.69, 9.17) is 14.9 Å². The lowest BCUT2D eigenvalue weighted by atomic mass is 10.2. The van der Waals surface area contributed by atoms with Crippen molar-refractivity contribution in [2.24, 2.45) is 0 Å². The summed E-state index contributed by atoms with van der Waals surface area (Å²) < 4.78 is 10.6. The first kappa shape index (κ1) is 11.6. The van der Waals surface area contributed by atoms with Gasteiger partial charge in [0.05, 0.1) is 0 Å². The Labute approximate surface area is 70.6 Å². The second-order valence-corrected chi connectivity index (χ2v) is 4.39. The van der Waals surface area contributed by atoms with Crippen molar-refractivity contribution in [1.82, 2.24) is 0 Å². The van der Waals surface area contributed by atoms with Gasteiger partial charge < -0.3 is 14.9 Å². The quantitative estimate of drug-likeness (QED) is 0.565. The molecule has 0 aliphatic rings. The third-order valence-electron chi connectivity index (χ3n) is 1.52. The molecule has 0 aliphatic carbocycles. The van der Waals surface area contributed by atoms with Crippen molar-refractivity contribution in [2.45, 2.75) is 31.8 Å². The van der Waals surface area contributed by atoms with Crippen LogP contribution in [0, 0.1) is 0 Å². The first-order chi connectivity index (χ1) is 5.39. The minimum Gasteiger partial charge on any atom is -0.481 e. The number of carboxylic acids is 1. The Balaban J connectivity index is 4.25. The monoisotopic (exact) mass is 196 g/mol. The fraction of sp³-hybridized carbons (Fsp3) is 0.833. The molecule has 0 radical (unpaired) electrons. The molecule has 0 aliphatic heterocycles. The van der Waals surface area contributed by atoms with Gasteiger partial charge in [-0.1, -0.05) is 19.8 Å². The molecule has 72 valence electrons. The van der Waals surface area contributed by atoms with Crippen LogP contribution in [0.1, 0.15) is 26.2 Å². The maximum Gasteiger partial charge on any atom is 0.339 e. The Hall–Kier alpha value is -0.380. The molecule has 0 amide bonds. The molecule has 0 aromatic heterocycles. The van der Waals surface area contributed by atoms with Crippen molar-refractivity contribution >= 4 is 13.6 Å². The molecule has 0 fully saturated rings. The lowest BCUT2D eigenvalue weighted by Gasteiger charge is -2.12. The van der Waals surface area contributed by atoms with Crippen LogP contribution in [0.5, 0.6) is 0 Å². The van der Waals surface area contributed by atoms with Gasteiger partial charge in [-0.2, -0.15) is 0 Å². The Morgan fingerprint density at radius 3 is 2.25 bits per heavy atom. The van der Waals surface area contributed by atoms with Crippen LogP contribution < -0.4 is 0 Å². The van der Waals surface area contributed by atoms with E-state index in [0.717, 1.165) is 6.42 Å². The number of unbranched alkanes of at least 4 members (excludes halogenated alkanes) is 1. The molecule has 0 spiro atoms. The summed E-state index contributed by atoms with van der Waals surface area (Å²) in [6.45, 7) is 1.83. The first-order valence-corrected chi connectivity index (χ1v) is 5.35. The van der Waals surface area contributed by atoms with Gasteiger partial charge in [0.15, 0.2) is 5.66 Å². The van der Waals surface area contributed by atoms with Gasteiger partial charge in [0.2, 0.25) is 0 Å². The van der Waals surface area contributed by atoms with Gasteiger partial charge in [-0.3, -0.25) is 9.36 Å². The molecule has 0 saturated heterocycles. The van der Waals surface area contributed by atoms with Crippen LogP contribution in [0.3, 0.4) is 0 Å². The van der Waals surface area contributed by atoms with E-state index in [2.05, 4.69) is 0 Å². The number of aliphatic carboxylic acids is 1. The Bertz CT molecular complexity index is 196. The fourth-order valence-corrected chi connectivity index (χ4v) is 1.64. The average Bonchev–Trinajstić information content (AvgIpc) is 1.84. The summed E-state index contributed by atoms with van der Waals surface area (Å²) in [5.74, 6) is -1.42. The van der Waals surface area contributed by atoms with Crippen molar-refractivity contribution in [3.8, 4) is 0 Å². The van der Waals surface area contributed by atoms with E-state index in [-0.39, 0.29) is 6.42 Å². The summed E-state index contributed by atoms with van der Waals surface area (Å²) >= 11 is 0. The smallest absolute Gasteiger partial charge is 0.339 e. The molecule has 1 unspecified atom stereocenters. The third kappa shape index (κ3) is 3.85. The van der Waals surface area contributed by atoms with Crippen LogP contribution in [0.4, 0.5) is 0 Å². The number of rotatable bonds is 5. The highest BCUT2D eigenvalue weighted by Crippen LogP contribution is 2.43. The molecule has 0 rings (SSSR count). The van der Waals surface area contributed by atoms with Gasteiger partial charge in [0, 0.05) is 0 Å². The highest BCUT2D eigenvalue weighted by Gasteiger charge is 2.34. The first-order valence-electron chi connectivity index (χ1n) is 3.67. The molecule has 5 nitrogen and oxygen atoms in total. The fourth-order valence-electron chi connectivity index (χ4n) is 0.833. The van der Waals surface area contributed by atoms with E-state index >= 15 is 0 Å². The van der Waals surface area contributed by atoms with E-state index in [1.807, 2.05) is 6.92 Å². The molecule has 1 atom stereocenters. The third-order valence-corrected chi connectivity index (χ3v) is 2.81. The Morgan fingerprint density at radius 2 is 2.00 bits per heavy atom. The second-order valence-electron chi connectivity index (χ2n) is 2.59. The molecule has 0 saturated carbocycles. The normalized spacial score (nSPS) is 14.2. The Kier molecular flexibility index (Phi) is 4.45. The SMILES string of the molecule is CCCCC(C(=O)O)P(=O)(O)O. The van der Waals surface area contributed by atoms with Crippen LogP contribution in [0.25, 0.3) is 0 Å². The number of hydrogen-bond donors (Lipinski definition) is 3. The molecular weight excluding hydrogens is 183 g/mol. The molecule has 12 heavy (non-hydrogen) atoms. The van der Waals surface area contributed by atoms with Gasteiger partial charge in [-0.05, 0) is 6.42 Å². The number of carboxylic acid groups (broad SMARTS) is 1. The molecule has 0 aromatic rings. The maximum absolute atomic E-state index is 10.6. The van der Waals surface area contributed by atoms with Crippen molar-refractivity contribution < 1.29 is 24.3 Å². The summed E-state index contributed by atoms with van der Waals surface area (Å²) in [4.78, 5) is 27.6. The predicted molar refractivity (Wildman–Crippen MR) is 43.0 cm³/mol. The predicted octanol–water partition coefficient (Wildman–Crippen LogP) is 0.807. The zero-order chi connectivity index (χ0) is 9.78. The number of carbonyl (C=O) groups is 1. The van der Waals surface area contributed by atoms with Gasteiger partial charge >= 0.3 is 13.6 Å². The molecule has 0 bridgehead atoms. The molecule has 0 heterocycles. The van der Waals surface area contributed by atoms with Crippen molar-refractivity contribution in [2.75, 3.05) is 0 Å². The molecule has 0 aromatic carbocycles. The van der Waals surface area contributed by atoms with Gasteiger partial charge in [-0.25, -0.2) is 0 Å². The maximum atomic E-state index is 10.6. The van der Waals surface area contributed by atoms with Gasteiger partial charge in [0.1, 0.15) is 0 Å². The van der Waals surface area contributed by atoms with Crippen molar-refractivity contribution in [3.05, 3.63) is 0 Å². The standard InChI is InChI=1S/C6H13O5P/c1-2-3-4-5(6(7)8)12(9,10)11/h5H,2-4H2,1H3,(H,7,8)(H2,9,10,11). The summed E-state index contributed by atoms with van der Waals surface area (Å²) in [5, 5.41) is 8.44. The minimum atomic E-state index is -4.46. The Morgan fingerprint density at radius 1 is 1.50 bits per heavy atom. The zero-order valence-electron chi connectivity index (χ0n) is 6.80. The molecule has 3 N–H and O–H groups in total. The van der Waals surface area contributed by atoms with Crippen LogP contribution >= 0.6 is 7.60 Å². The second kappa shape index (κ2) is 4.60. The topological polar surface area (TPSA) is 94.8 Å². The van der Waals surface area contributed by atoms with E-state index in [1.165, 1.54) is 0 Å². The van der Waals surface area contributed by atoms with Crippen molar-refractivity contribution in [3.63, 3.8) is 0 Å². The van der Waals surface area contributed by atoms with Gasteiger partial charge in [0.25, 0.3) is 0 Å². The van der Waals surface area contributed by atoms with E-state index in [1.54, 1.807) is 0 Å². The lowest BCUT2D eigenvalue weighted by molar-refractivity contribution is -0.137. The van der Waals surface area contributed by atoms with Gasteiger partial charge in [-0.15, -0.1) is 0 Å². The summed E-state index contributed by atoms with van der Waals surface area (Å²) in [6, 6.07) is 0. The summed E-state index contributed by atoms with van der Waals surface area (Å²) in [6.07, 6.45) is 1.28. The largest absolute Gasteiger partial charge is 0.481 e. The average molecular weight is 196 g/mol. The lowest BCUT2D eigenvalue weighted by Crippen LogP contribution is -2.20. The van der Waals surface area contributed by atoms with E-state index in [9.17, 15) is 9.36 Å². The summed E-state index contributed by atoms with van der Waals surface area (Å²) in [7, 11) is -4.46. The molecular formula is C6H13O5P. The van der Waals surface area contributed by atoms with Crippen LogP contribution in [-0.2, 0) is 9.36 Å². The minimum absolute atomic E-state index is 0.0378.